The van der Waals surface area contributed by atoms with E-state index in [1.54, 1.807) is 0 Å². The summed E-state index contributed by atoms with van der Waals surface area (Å²) in [6.07, 6.45) is 0. The average Bonchev–Trinajstić information content (AvgIpc) is 1.12. The Labute approximate surface area is 92.7 Å². The van der Waals surface area contributed by atoms with Gasteiger partial charge in [-0.05, 0) is 0 Å². The molecule has 0 aliphatic carbocycles. The van der Waals surface area contributed by atoms with Crippen LogP contribution in [0.15, 0.2) is 0 Å². The van der Waals surface area contributed by atoms with Crippen LogP contribution in [-0.4, -0.2) is 35.0 Å². The molecule has 12 heteroatoms. The van der Waals surface area contributed by atoms with E-state index in [1.807, 2.05) is 0 Å². The van der Waals surface area contributed by atoms with Gasteiger partial charge in [-0.15, -0.1) is 0 Å². The van der Waals surface area contributed by atoms with Crippen molar-refractivity contribution in [2.75, 3.05) is 0 Å². The quantitative estimate of drug-likeness (QED) is 0.266. The van der Waals surface area contributed by atoms with Gasteiger partial charge in [0.1, 0.15) is 0 Å². The minimum Gasteiger partial charge on any atom is -0.264 e. The molecule has 0 spiro atoms. The SMILES string of the molecule is O=S(=O)(O)O.O=S(=O)(O)O.[Ir].[Mn]. The van der Waals surface area contributed by atoms with E-state index in [-0.39, 0.29) is 37.2 Å². The molecule has 0 aliphatic heterocycles. The van der Waals surface area contributed by atoms with E-state index < -0.39 is 20.8 Å². The minimum atomic E-state index is -4.67. The third-order valence-electron chi connectivity index (χ3n) is 0. The van der Waals surface area contributed by atoms with Crippen LogP contribution in [0, 0.1) is 0 Å². The first-order valence-electron chi connectivity index (χ1n) is 1.40. The molecular weight excluding hydrogens is 439 g/mol. The monoisotopic (exact) mass is 444 g/mol. The Morgan fingerprint density at radius 1 is 0.667 bits per heavy atom. The Bertz CT molecular complexity index is 213. The van der Waals surface area contributed by atoms with Gasteiger partial charge in [0, 0.05) is 37.2 Å². The zero-order chi connectivity index (χ0) is 9.00. The molecular formula is H4IrMnO8S2. The molecule has 0 saturated heterocycles. The molecule has 0 aromatic carbocycles. The smallest absolute Gasteiger partial charge is 0.264 e. The Kier molecular flexibility index (Phi) is 16.3. The molecule has 0 unspecified atom stereocenters. The molecule has 80 valence electrons. The summed E-state index contributed by atoms with van der Waals surface area (Å²) in [5.74, 6) is 0. The van der Waals surface area contributed by atoms with Gasteiger partial charge in [-0.2, -0.15) is 16.8 Å². The predicted molar refractivity (Wildman–Crippen MR) is 28.4 cm³/mol. The van der Waals surface area contributed by atoms with Crippen molar-refractivity contribution in [3.8, 4) is 0 Å². The summed E-state index contributed by atoms with van der Waals surface area (Å²) >= 11 is 0. The first kappa shape index (κ1) is 23.1. The van der Waals surface area contributed by atoms with Gasteiger partial charge in [0.05, 0.1) is 0 Å². The molecule has 2 radical (unpaired) electrons. The van der Waals surface area contributed by atoms with Gasteiger partial charge in [-0.1, -0.05) is 0 Å². The zero-order valence-corrected chi connectivity index (χ0v) is 10.2. The Hall–Kier alpha value is 0.909. The van der Waals surface area contributed by atoms with Gasteiger partial charge in [0.15, 0.2) is 0 Å². The molecule has 0 atom stereocenters. The molecule has 4 N–H and O–H groups in total. The molecule has 0 saturated carbocycles. The van der Waals surface area contributed by atoms with Crippen LogP contribution in [0.25, 0.3) is 0 Å². The van der Waals surface area contributed by atoms with E-state index in [0.29, 0.717) is 0 Å². The van der Waals surface area contributed by atoms with Crippen LogP contribution in [0.5, 0.6) is 0 Å². The molecule has 0 aliphatic rings. The maximum atomic E-state index is 8.74. The van der Waals surface area contributed by atoms with Gasteiger partial charge in [0.25, 0.3) is 0 Å². The van der Waals surface area contributed by atoms with E-state index in [9.17, 15) is 0 Å². The molecule has 0 aromatic heterocycles. The van der Waals surface area contributed by atoms with E-state index in [2.05, 4.69) is 0 Å². The molecule has 8 nitrogen and oxygen atoms in total. The fraction of sp³-hybridized carbons (Fsp3) is 0. The van der Waals surface area contributed by atoms with Crippen molar-refractivity contribution in [2.24, 2.45) is 0 Å². The second-order valence-corrected chi connectivity index (χ2v) is 2.69. The molecule has 0 heterocycles. The molecule has 0 aromatic rings. The first-order valence-corrected chi connectivity index (χ1v) is 4.19. The number of hydrogen-bond acceptors (Lipinski definition) is 4. The third-order valence-corrected chi connectivity index (χ3v) is 0. The van der Waals surface area contributed by atoms with E-state index in [0.717, 1.165) is 0 Å². The predicted octanol–water partition coefficient (Wildman–Crippen LogP) is -1.31. The molecule has 0 amide bonds. The molecule has 0 bridgehead atoms. The summed E-state index contributed by atoms with van der Waals surface area (Å²) < 4.78 is 63.2. The maximum Gasteiger partial charge on any atom is 0.394 e. The topological polar surface area (TPSA) is 149 Å². The van der Waals surface area contributed by atoms with E-state index in [4.69, 9.17) is 35.0 Å². The summed E-state index contributed by atoms with van der Waals surface area (Å²) in [7, 11) is -9.33. The van der Waals surface area contributed by atoms with Crippen molar-refractivity contribution in [3.05, 3.63) is 0 Å². The number of rotatable bonds is 0. The van der Waals surface area contributed by atoms with Crippen LogP contribution in [-0.2, 0) is 58.0 Å². The standard InChI is InChI=1S/Ir.Mn.2H2O4S/c;;2*1-5(2,3)4/h;;2*(H2,1,2,3,4). The third kappa shape index (κ3) is 1300. The van der Waals surface area contributed by atoms with Gasteiger partial charge in [0.2, 0.25) is 0 Å². The van der Waals surface area contributed by atoms with Crippen LogP contribution in [0.3, 0.4) is 0 Å². The van der Waals surface area contributed by atoms with Gasteiger partial charge in [-0.25, -0.2) is 0 Å². The Balaban J connectivity index is -0.0000000457. The minimum absolute atomic E-state index is 0. The average molecular weight is 443 g/mol. The van der Waals surface area contributed by atoms with Crippen molar-refractivity contribution < 1.29 is 72.2 Å². The summed E-state index contributed by atoms with van der Waals surface area (Å²) in [6, 6.07) is 0. The van der Waals surface area contributed by atoms with Crippen LogP contribution in [0.4, 0.5) is 0 Å². The van der Waals surface area contributed by atoms with Gasteiger partial charge >= 0.3 is 20.8 Å². The second kappa shape index (κ2) is 8.50. The Morgan fingerprint density at radius 3 is 0.667 bits per heavy atom. The summed E-state index contributed by atoms with van der Waals surface area (Å²) in [4.78, 5) is 0. The molecule has 0 fully saturated rings. The largest absolute Gasteiger partial charge is 0.394 e. The summed E-state index contributed by atoms with van der Waals surface area (Å²) in [5.41, 5.74) is 0. The Morgan fingerprint density at radius 2 is 0.667 bits per heavy atom. The van der Waals surface area contributed by atoms with E-state index in [1.165, 1.54) is 0 Å². The number of hydrogen-bond donors (Lipinski definition) is 4. The normalized spacial score (nSPS) is 9.67. The van der Waals surface area contributed by atoms with Crippen LogP contribution < -0.4 is 0 Å². The molecule has 0 rings (SSSR count). The van der Waals surface area contributed by atoms with E-state index >= 15 is 0 Å². The van der Waals surface area contributed by atoms with Crippen molar-refractivity contribution in [3.63, 3.8) is 0 Å². The van der Waals surface area contributed by atoms with Crippen LogP contribution in [0.1, 0.15) is 0 Å². The van der Waals surface area contributed by atoms with Crippen LogP contribution in [0.2, 0.25) is 0 Å². The second-order valence-electron chi connectivity index (χ2n) is 0.896. The van der Waals surface area contributed by atoms with Crippen molar-refractivity contribution in [1.82, 2.24) is 0 Å². The van der Waals surface area contributed by atoms with Crippen molar-refractivity contribution in [1.29, 1.82) is 0 Å². The van der Waals surface area contributed by atoms with Gasteiger partial charge < -0.3 is 0 Å². The zero-order valence-electron chi connectivity index (χ0n) is 4.95. The van der Waals surface area contributed by atoms with Crippen LogP contribution >= 0.6 is 0 Å². The van der Waals surface area contributed by atoms with Crippen molar-refractivity contribution >= 4 is 20.8 Å². The molecule has 12 heavy (non-hydrogen) atoms. The summed E-state index contributed by atoms with van der Waals surface area (Å²) in [5, 5.41) is 0. The van der Waals surface area contributed by atoms with Crippen molar-refractivity contribution in [2.45, 2.75) is 0 Å². The fourth-order valence-corrected chi connectivity index (χ4v) is 0. The first-order chi connectivity index (χ1) is 4.00. The fourth-order valence-electron chi connectivity index (χ4n) is 0. The summed E-state index contributed by atoms with van der Waals surface area (Å²) in [6.45, 7) is 0. The maximum absolute atomic E-state index is 8.74. The van der Waals surface area contributed by atoms with Gasteiger partial charge in [-0.3, -0.25) is 18.2 Å².